The first-order chi connectivity index (χ1) is 9.02. The largest absolute Gasteiger partial charge is 0.377 e. The molecule has 0 amide bonds. The van der Waals surface area contributed by atoms with Gasteiger partial charge in [0.05, 0.1) is 5.60 Å². The summed E-state index contributed by atoms with van der Waals surface area (Å²) in [6.07, 6.45) is 2.56. The van der Waals surface area contributed by atoms with Gasteiger partial charge < -0.3 is 10.1 Å². The first-order valence-electron chi connectivity index (χ1n) is 6.69. The van der Waals surface area contributed by atoms with Gasteiger partial charge in [-0.15, -0.1) is 0 Å². The molecule has 0 aromatic heterocycles. The molecule has 0 saturated carbocycles. The first kappa shape index (κ1) is 16.6. The molecule has 1 aromatic carbocycles. The van der Waals surface area contributed by atoms with Gasteiger partial charge in [-0.25, -0.2) is 4.39 Å². The summed E-state index contributed by atoms with van der Waals surface area (Å²) in [6, 6.07) is 4.94. The van der Waals surface area contributed by atoms with Crippen LogP contribution in [0.15, 0.2) is 22.7 Å². The Morgan fingerprint density at radius 2 is 2.00 bits per heavy atom. The quantitative estimate of drug-likeness (QED) is 0.817. The van der Waals surface area contributed by atoms with Gasteiger partial charge in [-0.1, -0.05) is 29.8 Å². The van der Waals surface area contributed by atoms with Crippen LogP contribution in [-0.2, 0) is 11.2 Å². The topological polar surface area (TPSA) is 21.3 Å². The van der Waals surface area contributed by atoms with Gasteiger partial charge in [-0.2, -0.15) is 0 Å². The van der Waals surface area contributed by atoms with E-state index in [2.05, 4.69) is 35.1 Å². The second kappa shape index (κ2) is 7.36. The van der Waals surface area contributed by atoms with Gasteiger partial charge >= 0.3 is 0 Å². The molecule has 0 bridgehead atoms. The fourth-order valence-electron chi connectivity index (χ4n) is 2.64. The molecular weight excluding hydrogens is 309 g/mol. The molecule has 0 fully saturated rings. The van der Waals surface area contributed by atoms with Crippen molar-refractivity contribution in [1.82, 2.24) is 5.32 Å². The number of benzene rings is 1. The minimum Gasteiger partial charge on any atom is -0.377 e. The summed E-state index contributed by atoms with van der Waals surface area (Å²) in [5, 5.41) is 3.32. The average Bonchev–Trinajstić information content (AvgIpc) is 2.43. The van der Waals surface area contributed by atoms with E-state index in [1.165, 1.54) is 6.07 Å². The van der Waals surface area contributed by atoms with Crippen molar-refractivity contribution < 1.29 is 9.13 Å². The number of likely N-dealkylation sites (N-methyl/N-ethyl adjacent to an activating group) is 1. The van der Waals surface area contributed by atoms with Crippen LogP contribution < -0.4 is 5.32 Å². The molecule has 0 aliphatic heterocycles. The Morgan fingerprint density at radius 1 is 1.37 bits per heavy atom. The number of nitrogens with one attached hydrogen (secondary N) is 1. The highest BCUT2D eigenvalue weighted by Crippen LogP contribution is 2.28. The van der Waals surface area contributed by atoms with Gasteiger partial charge in [0.2, 0.25) is 0 Å². The number of hydrogen-bond acceptors (Lipinski definition) is 2. The van der Waals surface area contributed by atoms with E-state index in [0.717, 1.165) is 29.3 Å². The van der Waals surface area contributed by atoms with Crippen molar-refractivity contribution in [1.29, 1.82) is 0 Å². The predicted octanol–water partition coefficient (Wildman–Crippen LogP) is 3.92. The molecule has 2 nitrogen and oxygen atoms in total. The Labute approximate surface area is 123 Å². The number of halogens is 2. The summed E-state index contributed by atoms with van der Waals surface area (Å²) in [5.74, 6) is -0.205. The molecule has 108 valence electrons. The second-order valence-corrected chi connectivity index (χ2v) is 5.61. The molecule has 0 aliphatic carbocycles. The highest BCUT2D eigenvalue weighted by Gasteiger charge is 2.35. The third-order valence-electron chi connectivity index (χ3n) is 4.02. The Kier molecular flexibility index (Phi) is 6.43. The maximum Gasteiger partial charge on any atom is 0.123 e. The summed E-state index contributed by atoms with van der Waals surface area (Å²) in [7, 11) is 3.68. The highest BCUT2D eigenvalue weighted by atomic mass is 79.9. The van der Waals surface area contributed by atoms with Gasteiger partial charge in [-0.3, -0.25) is 0 Å². The summed E-state index contributed by atoms with van der Waals surface area (Å²) < 4.78 is 20.1. The molecule has 1 rings (SSSR count). The van der Waals surface area contributed by atoms with Crippen LogP contribution in [0.3, 0.4) is 0 Å². The van der Waals surface area contributed by atoms with E-state index in [4.69, 9.17) is 4.74 Å². The molecule has 1 aromatic rings. The van der Waals surface area contributed by atoms with E-state index in [1.54, 1.807) is 19.2 Å². The Hall–Kier alpha value is -0.450. The molecule has 1 unspecified atom stereocenters. The molecule has 19 heavy (non-hydrogen) atoms. The van der Waals surface area contributed by atoms with Gasteiger partial charge in [-0.05, 0) is 50.1 Å². The monoisotopic (exact) mass is 331 g/mol. The van der Waals surface area contributed by atoms with E-state index in [1.807, 2.05) is 7.05 Å². The number of methoxy groups -OCH3 is 1. The van der Waals surface area contributed by atoms with Crippen LogP contribution in [0, 0.1) is 5.82 Å². The van der Waals surface area contributed by atoms with Crippen molar-refractivity contribution in [3.05, 3.63) is 34.1 Å². The van der Waals surface area contributed by atoms with Crippen molar-refractivity contribution in [3.63, 3.8) is 0 Å². The molecule has 0 heterocycles. The van der Waals surface area contributed by atoms with Crippen LogP contribution >= 0.6 is 15.9 Å². The van der Waals surface area contributed by atoms with E-state index >= 15 is 0 Å². The fraction of sp³-hybridized carbons (Fsp3) is 0.600. The van der Waals surface area contributed by atoms with Crippen LogP contribution in [-0.4, -0.2) is 25.8 Å². The van der Waals surface area contributed by atoms with Crippen LogP contribution in [0.5, 0.6) is 0 Å². The molecule has 4 heteroatoms. The molecular formula is C15H23BrFNO. The summed E-state index contributed by atoms with van der Waals surface area (Å²) in [5.41, 5.74) is 0.739. The Bertz CT molecular complexity index is 399. The van der Waals surface area contributed by atoms with Gasteiger partial charge in [0.15, 0.2) is 0 Å². The zero-order valence-corrected chi connectivity index (χ0v) is 13.7. The summed E-state index contributed by atoms with van der Waals surface area (Å²) in [4.78, 5) is 0. The maximum atomic E-state index is 13.4. The van der Waals surface area contributed by atoms with E-state index in [-0.39, 0.29) is 17.5 Å². The molecule has 0 aliphatic rings. The van der Waals surface area contributed by atoms with Crippen LogP contribution in [0.4, 0.5) is 4.39 Å². The first-order valence-corrected chi connectivity index (χ1v) is 7.48. The van der Waals surface area contributed by atoms with Crippen molar-refractivity contribution in [3.8, 4) is 0 Å². The fourth-order valence-corrected chi connectivity index (χ4v) is 3.05. The molecule has 0 spiro atoms. The zero-order valence-electron chi connectivity index (χ0n) is 12.1. The maximum absolute atomic E-state index is 13.4. The lowest BCUT2D eigenvalue weighted by Gasteiger charge is -2.38. The van der Waals surface area contributed by atoms with Gasteiger partial charge in [0.25, 0.3) is 0 Å². The minimum absolute atomic E-state index is 0.144. The zero-order chi connectivity index (χ0) is 14.5. The summed E-state index contributed by atoms with van der Waals surface area (Å²) >= 11 is 3.49. The lowest BCUT2D eigenvalue weighted by atomic mass is 9.84. The molecule has 0 radical (unpaired) electrons. The molecule has 0 saturated heterocycles. The third-order valence-corrected chi connectivity index (χ3v) is 4.79. The van der Waals surface area contributed by atoms with Gasteiger partial charge in [0, 0.05) is 17.6 Å². The number of ether oxygens (including phenoxy) is 1. The Morgan fingerprint density at radius 3 is 2.47 bits per heavy atom. The van der Waals surface area contributed by atoms with Crippen molar-refractivity contribution >= 4 is 15.9 Å². The number of hydrogen-bond donors (Lipinski definition) is 1. The highest BCUT2D eigenvalue weighted by molar-refractivity contribution is 9.10. The van der Waals surface area contributed by atoms with Crippen molar-refractivity contribution in [2.75, 3.05) is 14.2 Å². The third kappa shape index (κ3) is 3.77. The van der Waals surface area contributed by atoms with E-state index < -0.39 is 0 Å². The SMILES string of the molecule is CCC(CC)(OC)C(Cc1cc(F)ccc1Br)NC. The minimum atomic E-state index is -0.222. The van der Waals surface area contributed by atoms with Crippen molar-refractivity contribution in [2.45, 2.75) is 44.8 Å². The lowest BCUT2D eigenvalue weighted by Crippen LogP contribution is -2.51. The number of rotatable bonds is 7. The molecule has 1 atom stereocenters. The normalized spacial score (nSPS) is 13.6. The smallest absolute Gasteiger partial charge is 0.123 e. The van der Waals surface area contributed by atoms with Crippen LogP contribution in [0.25, 0.3) is 0 Å². The lowest BCUT2D eigenvalue weighted by molar-refractivity contribution is -0.0454. The molecule has 1 N–H and O–H groups in total. The standard InChI is InChI=1S/C15H23BrFNO/c1-5-15(6-2,19-4)14(18-3)10-11-9-12(17)7-8-13(11)16/h7-9,14,18H,5-6,10H2,1-4H3. The van der Waals surface area contributed by atoms with Crippen LogP contribution in [0.2, 0.25) is 0 Å². The average molecular weight is 332 g/mol. The second-order valence-electron chi connectivity index (χ2n) is 4.76. The van der Waals surface area contributed by atoms with Crippen LogP contribution in [0.1, 0.15) is 32.3 Å². The summed E-state index contributed by atoms with van der Waals surface area (Å²) in [6.45, 7) is 4.25. The Balaban J connectivity index is 3.01. The predicted molar refractivity (Wildman–Crippen MR) is 81.0 cm³/mol. The van der Waals surface area contributed by atoms with E-state index in [0.29, 0.717) is 0 Å². The van der Waals surface area contributed by atoms with Crippen molar-refractivity contribution in [2.24, 2.45) is 0 Å². The van der Waals surface area contributed by atoms with Gasteiger partial charge in [0.1, 0.15) is 5.82 Å². The van der Waals surface area contributed by atoms with E-state index in [9.17, 15) is 4.39 Å².